The molecule has 0 atom stereocenters. The van der Waals surface area contributed by atoms with E-state index in [9.17, 15) is 13.2 Å². The molecule has 0 aliphatic heterocycles. The van der Waals surface area contributed by atoms with Crippen LogP contribution in [0.2, 0.25) is 0 Å². The minimum atomic E-state index is -4.39. The molecule has 1 heterocycles. The van der Waals surface area contributed by atoms with E-state index >= 15 is 0 Å². The van der Waals surface area contributed by atoms with Gasteiger partial charge in [-0.25, -0.2) is 0 Å². The molecule has 1 aromatic rings. The van der Waals surface area contributed by atoms with Gasteiger partial charge in [0.2, 0.25) is 0 Å². The summed E-state index contributed by atoms with van der Waals surface area (Å²) in [5, 5.41) is 10.7. The number of oxime groups is 1. The standard InChI is InChI=1S/C7H5F3N2O/c8-7(9,10)5-1-2-6(4-12-13)11-3-5/h1-4,13H/b12-4+. The summed E-state index contributed by atoms with van der Waals surface area (Å²) < 4.78 is 35.9. The summed E-state index contributed by atoms with van der Waals surface area (Å²) >= 11 is 0. The fourth-order valence-corrected chi connectivity index (χ4v) is 0.709. The van der Waals surface area contributed by atoms with Gasteiger partial charge in [-0.2, -0.15) is 13.2 Å². The maximum atomic E-state index is 12.0. The highest BCUT2D eigenvalue weighted by Gasteiger charge is 2.30. The first kappa shape index (κ1) is 9.50. The highest BCUT2D eigenvalue weighted by molar-refractivity contribution is 5.76. The van der Waals surface area contributed by atoms with Crippen LogP contribution in [0, 0.1) is 0 Å². The Morgan fingerprint density at radius 1 is 1.38 bits per heavy atom. The zero-order valence-electron chi connectivity index (χ0n) is 6.28. The second-order valence-electron chi connectivity index (χ2n) is 2.21. The lowest BCUT2D eigenvalue weighted by Crippen LogP contribution is -2.05. The number of alkyl halides is 3. The SMILES string of the molecule is O/N=C/c1ccc(C(F)(F)F)cn1. The Bertz CT molecular complexity index is 305. The minimum absolute atomic E-state index is 0.163. The Kier molecular flexibility index (Phi) is 2.50. The third-order valence-corrected chi connectivity index (χ3v) is 1.30. The quantitative estimate of drug-likeness (QED) is 0.417. The van der Waals surface area contributed by atoms with Gasteiger partial charge in [0.05, 0.1) is 17.5 Å². The van der Waals surface area contributed by atoms with Gasteiger partial charge in [-0.05, 0) is 12.1 Å². The van der Waals surface area contributed by atoms with Crippen LogP contribution in [0.1, 0.15) is 11.3 Å². The number of hydrogen-bond donors (Lipinski definition) is 1. The predicted molar refractivity (Wildman–Crippen MR) is 38.6 cm³/mol. The van der Waals surface area contributed by atoms with Crippen LogP contribution in [0.15, 0.2) is 23.5 Å². The van der Waals surface area contributed by atoms with Gasteiger partial charge in [-0.1, -0.05) is 5.16 Å². The largest absolute Gasteiger partial charge is 0.417 e. The van der Waals surface area contributed by atoms with Crippen LogP contribution in [-0.4, -0.2) is 16.4 Å². The van der Waals surface area contributed by atoms with Crippen LogP contribution in [0.5, 0.6) is 0 Å². The normalized spacial score (nSPS) is 12.2. The van der Waals surface area contributed by atoms with Gasteiger partial charge < -0.3 is 5.21 Å². The van der Waals surface area contributed by atoms with Crippen LogP contribution in [0.4, 0.5) is 13.2 Å². The lowest BCUT2D eigenvalue weighted by Gasteiger charge is -2.04. The Morgan fingerprint density at radius 3 is 2.46 bits per heavy atom. The zero-order chi connectivity index (χ0) is 9.90. The van der Waals surface area contributed by atoms with Gasteiger partial charge in [0.1, 0.15) is 0 Å². The summed E-state index contributed by atoms with van der Waals surface area (Å²) in [4.78, 5) is 3.41. The van der Waals surface area contributed by atoms with Crippen molar-refractivity contribution in [2.45, 2.75) is 6.18 Å². The van der Waals surface area contributed by atoms with E-state index in [4.69, 9.17) is 5.21 Å². The molecular formula is C7H5F3N2O. The number of halogens is 3. The zero-order valence-corrected chi connectivity index (χ0v) is 6.28. The van der Waals surface area contributed by atoms with Crippen molar-refractivity contribution < 1.29 is 18.4 Å². The number of aromatic nitrogens is 1. The topological polar surface area (TPSA) is 45.5 Å². The van der Waals surface area contributed by atoms with Crippen molar-refractivity contribution in [2.24, 2.45) is 5.16 Å². The fourth-order valence-electron chi connectivity index (χ4n) is 0.709. The Balaban J connectivity index is 2.94. The molecule has 0 spiro atoms. The van der Waals surface area contributed by atoms with Gasteiger partial charge in [0, 0.05) is 6.20 Å². The third-order valence-electron chi connectivity index (χ3n) is 1.30. The maximum Gasteiger partial charge on any atom is 0.417 e. The Morgan fingerprint density at radius 2 is 2.08 bits per heavy atom. The van der Waals surface area contributed by atoms with Crippen LogP contribution in [-0.2, 0) is 6.18 Å². The van der Waals surface area contributed by atoms with Gasteiger partial charge >= 0.3 is 6.18 Å². The second kappa shape index (κ2) is 3.42. The molecule has 1 N–H and O–H groups in total. The van der Waals surface area contributed by atoms with Gasteiger partial charge in [0.15, 0.2) is 0 Å². The molecule has 0 aliphatic carbocycles. The summed E-state index contributed by atoms with van der Waals surface area (Å²) in [6.07, 6.45) is -2.76. The number of nitrogens with zero attached hydrogens (tertiary/aromatic N) is 2. The molecule has 0 aromatic carbocycles. The molecular weight excluding hydrogens is 185 g/mol. The molecule has 1 rings (SSSR count). The molecule has 0 amide bonds. The van der Waals surface area contributed by atoms with Crippen molar-refractivity contribution in [1.29, 1.82) is 0 Å². The van der Waals surface area contributed by atoms with Crippen molar-refractivity contribution in [3.8, 4) is 0 Å². The van der Waals surface area contributed by atoms with E-state index in [1.165, 1.54) is 0 Å². The first-order valence-electron chi connectivity index (χ1n) is 3.24. The van der Waals surface area contributed by atoms with Gasteiger partial charge in [0.25, 0.3) is 0 Å². The van der Waals surface area contributed by atoms with Crippen LogP contribution >= 0.6 is 0 Å². The van der Waals surface area contributed by atoms with E-state index in [2.05, 4.69) is 10.1 Å². The van der Waals surface area contributed by atoms with E-state index in [1.807, 2.05) is 0 Å². The maximum absolute atomic E-state index is 12.0. The van der Waals surface area contributed by atoms with Crippen molar-refractivity contribution in [1.82, 2.24) is 4.98 Å². The van der Waals surface area contributed by atoms with Crippen molar-refractivity contribution in [3.63, 3.8) is 0 Å². The minimum Gasteiger partial charge on any atom is -0.411 e. The molecule has 6 heteroatoms. The lowest BCUT2D eigenvalue weighted by atomic mass is 10.2. The summed E-state index contributed by atoms with van der Waals surface area (Å²) in [6.45, 7) is 0. The molecule has 0 bridgehead atoms. The Labute approximate surface area is 71.5 Å². The summed E-state index contributed by atoms with van der Waals surface area (Å²) in [5.74, 6) is 0. The first-order valence-corrected chi connectivity index (χ1v) is 3.24. The molecule has 13 heavy (non-hydrogen) atoms. The molecule has 3 nitrogen and oxygen atoms in total. The van der Waals surface area contributed by atoms with E-state index in [0.717, 1.165) is 18.3 Å². The van der Waals surface area contributed by atoms with Crippen molar-refractivity contribution in [2.75, 3.05) is 0 Å². The average molecular weight is 190 g/mol. The second-order valence-corrected chi connectivity index (χ2v) is 2.21. The highest BCUT2D eigenvalue weighted by atomic mass is 19.4. The van der Waals surface area contributed by atoms with Crippen LogP contribution < -0.4 is 0 Å². The monoisotopic (exact) mass is 190 g/mol. The van der Waals surface area contributed by atoms with Gasteiger partial charge in [-0.3, -0.25) is 4.98 Å². The van der Waals surface area contributed by atoms with Crippen molar-refractivity contribution >= 4 is 6.21 Å². The molecule has 0 saturated heterocycles. The highest BCUT2D eigenvalue weighted by Crippen LogP contribution is 2.28. The molecule has 1 aromatic heterocycles. The number of pyridine rings is 1. The Hall–Kier alpha value is -1.59. The number of hydrogen-bond acceptors (Lipinski definition) is 3. The lowest BCUT2D eigenvalue weighted by molar-refractivity contribution is -0.137. The van der Waals surface area contributed by atoms with E-state index in [-0.39, 0.29) is 5.69 Å². The first-order chi connectivity index (χ1) is 6.04. The fraction of sp³-hybridized carbons (Fsp3) is 0.143. The summed E-state index contributed by atoms with van der Waals surface area (Å²) in [6, 6.07) is 1.98. The predicted octanol–water partition coefficient (Wildman–Crippen LogP) is 1.91. The molecule has 0 unspecified atom stereocenters. The number of rotatable bonds is 1. The average Bonchev–Trinajstić information content (AvgIpc) is 2.04. The third kappa shape index (κ3) is 2.43. The van der Waals surface area contributed by atoms with Crippen molar-refractivity contribution in [3.05, 3.63) is 29.6 Å². The van der Waals surface area contributed by atoms with Gasteiger partial charge in [-0.15, -0.1) is 0 Å². The molecule has 0 aliphatic rings. The van der Waals surface area contributed by atoms with E-state index in [1.54, 1.807) is 0 Å². The molecule has 0 saturated carbocycles. The van der Waals surface area contributed by atoms with E-state index < -0.39 is 11.7 Å². The summed E-state index contributed by atoms with van der Waals surface area (Å²) in [5.41, 5.74) is -0.668. The molecule has 0 radical (unpaired) electrons. The molecule has 70 valence electrons. The van der Waals surface area contributed by atoms with E-state index in [0.29, 0.717) is 6.20 Å². The molecule has 0 fully saturated rings. The smallest absolute Gasteiger partial charge is 0.411 e. The van der Waals surface area contributed by atoms with Crippen LogP contribution in [0.25, 0.3) is 0 Å². The summed E-state index contributed by atoms with van der Waals surface area (Å²) in [7, 11) is 0. The van der Waals surface area contributed by atoms with Crippen LogP contribution in [0.3, 0.4) is 0 Å².